The Morgan fingerprint density at radius 2 is 1.62 bits per heavy atom. The number of aromatic nitrogens is 1. The number of fused-ring (bicyclic) bond motifs is 1. The minimum Gasteiger partial charge on any atom is -0.324 e. The van der Waals surface area contributed by atoms with Crippen LogP contribution in [0.15, 0.2) is 85.1 Å². The van der Waals surface area contributed by atoms with Crippen LogP contribution in [0, 0.1) is 13.8 Å². The molecule has 5 rings (SSSR count). The Labute approximate surface area is 186 Å². The fraction of sp³-hybridized carbons (Fsp3) is 0.148. The summed E-state index contributed by atoms with van der Waals surface area (Å²) in [6.45, 7) is 4.00. The van der Waals surface area contributed by atoms with E-state index in [0.717, 1.165) is 27.6 Å². The van der Waals surface area contributed by atoms with Gasteiger partial charge < -0.3 is 5.32 Å². The van der Waals surface area contributed by atoms with Crippen molar-refractivity contribution in [1.29, 1.82) is 0 Å². The van der Waals surface area contributed by atoms with E-state index in [1.165, 1.54) is 0 Å². The summed E-state index contributed by atoms with van der Waals surface area (Å²) in [7, 11) is 0. The number of aryl methyl sites for hydroxylation is 2. The molecular formula is C27H23N3O2. The monoisotopic (exact) mass is 421 g/mol. The van der Waals surface area contributed by atoms with Gasteiger partial charge in [-0.3, -0.25) is 19.5 Å². The highest BCUT2D eigenvalue weighted by molar-refractivity contribution is 6.17. The van der Waals surface area contributed by atoms with Crippen molar-refractivity contribution in [2.45, 2.75) is 25.8 Å². The standard InChI is InChI=1S/C27H23N3O2/c1-18-5-10-22(11-6-18)29-26(32)27(21-9-14-24-20(16-21)4-3-15-28-24)17-25(31)30(27)23-12-7-19(2)8-13-23/h3-16H,17H2,1-2H3,(H,29,32). The van der Waals surface area contributed by atoms with Crippen LogP contribution in [0.1, 0.15) is 23.1 Å². The number of β-lactam (4-membered cyclic amide) rings is 1. The minimum atomic E-state index is -1.14. The number of hydrogen-bond donors (Lipinski definition) is 1. The first-order valence-electron chi connectivity index (χ1n) is 10.6. The van der Waals surface area contributed by atoms with E-state index in [1.807, 2.05) is 92.7 Å². The molecule has 0 bridgehead atoms. The van der Waals surface area contributed by atoms with Crippen molar-refractivity contribution in [2.24, 2.45) is 0 Å². The summed E-state index contributed by atoms with van der Waals surface area (Å²) in [5, 5.41) is 3.97. The van der Waals surface area contributed by atoms with Gasteiger partial charge in [-0.05, 0) is 61.9 Å². The molecule has 5 heteroatoms. The summed E-state index contributed by atoms with van der Waals surface area (Å²) in [5.74, 6) is -0.316. The smallest absolute Gasteiger partial charge is 0.255 e. The first-order chi connectivity index (χ1) is 15.5. The number of carbonyl (C=O) groups excluding carboxylic acids is 2. The molecule has 1 aliphatic rings. The first-order valence-corrected chi connectivity index (χ1v) is 10.6. The third kappa shape index (κ3) is 3.23. The van der Waals surface area contributed by atoms with Crippen LogP contribution in [-0.2, 0) is 15.1 Å². The van der Waals surface area contributed by atoms with Gasteiger partial charge in [-0.1, -0.05) is 47.5 Å². The van der Waals surface area contributed by atoms with Gasteiger partial charge in [-0.25, -0.2) is 0 Å². The van der Waals surface area contributed by atoms with Crippen LogP contribution in [0.2, 0.25) is 0 Å². The molecule has 1 fully saturated rings. The Hall–Kier alpha value is -3.99. The van der Waals surface area contributed by atoms with Crippen molar-refractivity contribution in [1.82, 2.24) is 4.98 Å². The van der Waals surface area contributed by atoms with E-state index in [9.17, 15) is 9.59 Å². The second-order valence-corrected chi connectivity index (χ2v) is 8.33. The van der Waals surface area contributed by atoms with Crippen molar-refractivity contribution in [2.75, 3.05) is 10.2 Å². The van der Waals surface area contributed by atoms with Crippen molar-refractivity contribution >= 4 is 34.1 Å². The molecule has 2 heterocycles. The van der Waals surface area contributed by atoms with Gasteiger partial charge in [0.15, 0.2) is 5.54 Å². The molecule has 158 valence electrons. The number of nitrogens with zero attached hydrogens (tertiary/aromatic N) is 2. The van der Waals surface area contributed by atoms with Crippen molar-refractivity contribution < 1.29 is 9.59 Å². The molecule has 1 aromatic heterocycles. The SMILES string of the molecule is Cc1ccc(NC(=O)C2(c3ccc4ncccc4c3)CC(=O)N2c2ccc(C)cc2)cc1. The second-order valence-electron chi connectivity index (χ2n) is 8.33. The lowest BCUT2D eigenvalue weighted by Crippen LogP contribution is -2.67. The highest BCUT2D eigenvalue weighted by Gasteiger charge is 2.58. The average Bonchev–Trinajstić information content (AvgIpc) is 2.80. The number of rotatable bonds is 4. The van der Waals surface area contributed by atoms with Crippen LogP contribution >= 0.6 is 0 Å². The minimum absolute atomic E-state index is 0.0841. The topological polar surface area (TPSA) is 62.3 Å². The predicted molar refractivity (Wildman–Crippen MR) is 127 cm³/mol. The molecule has 32 heavy (non-hydrogen) atoms. The molecule has 1 unspecified atom stereocenters. The van der Waals surface area contributed by atoms with Gasteiger partial charge in [-0.15, -0.1) is 0 Å². The van der Waals surface area contributed by atoms with E-state index in [2.05, 4.69) is 10.3 Å². The Morgan fingerprint density at radius 1 is 0.938 bits per heavy atom. The highest BCUT2D eigenvalue weighted by Crippen LogP contribution is 2.46. The summed E-state index contributed by atoms with van der Waals surface area (Å²) < 4.78 is 0. The van der Waals surface area contributed by atoms with Crippen molar-refractivity contribution in [3.63, 3.8) is 0 Å². The van der Waals surface area contributed by atoms with Crippen LogP contribution in [0.4, 0.5) is 11.4 Å². The zero-order chi connectivity index (χ0) is 22.3. The number of carbonyl (C=O) groups is 2. The number of amides is 2. The molecule has 0 radical (unpaired) electrons. The Kier molecular flexibility index (Phi) is 4.74. The van der Waals surface area contributed by atoms with Crippen LogP contribution in [0.3, 0.4) is 0 Å². The van der Waals surface area contributed by atoms with E-state index < -0.39 is 5.54 Å². The van der Waals surface area contributed by atoms with Crippen LogP contribution in [0.25, 0.3) is 10.9 Å². The van der Waals surface area contributed by atoms with Crippen molar-refractivity contribution in [3.8, 4) is 0 Å². The molecule has 4 aromatic rings. The number of anilines is 2. The molecule has 0 saturated carbocycles. The molecule has 3 aromatic carbocycles. The van der Waals surface area contributed by atoms with Crippen LogP contribution in [0.5, 0.6) is 0 Å². The third-order valence-electron chi connectivity index (χ3n) is 6.10. The molecule has 1 N–H and O–H groups in total. The van der Waals surface area contributed by atoms with Gasteiger partial charge in [0.2, 0.25) is 5.91 Å². The predicted octanol–water partition coefficient (Wildman–Crippen LogP) is 5.12. The van der Waals surface area contributed by atoms with Crippen LogP contribution in [-0.4, -0.2) is 16.8 Å². The van der Waals surface area contributed by atoms with E-state index >= 15 is 0 Å². The second kappa shape index (κ2) is 7.61. The Morgan fingerprint density at radius 3 is 2.31 bits per heavy atom. The largest absolute Gasteiger partial charge is 0.324 e. The molecule has 0 aliphatic carbocycles. The summed E-state index contributed by atoms with van der Waals surface area (Å²) >= 11 is 0. The maximum absolute atomic E-state index is 13.8. The van der Waals surface area contributed by atoms with E-state index in [0.29, 0.717) is 11.4 Å². The van der Waals surface area contributed by atoms with Gasteiger partial charge in [0.05, 0.1) is 11.9 Å². The summed E-state index contributed by atoms with van der Waals surface area (Å²) in [6, 6.07) is 25.0. The molecule has 5 nitrogen and oxygen atoms in total. The Balaban J connectivity index is 1.63. The van der Waals surface area contributed by atoms with Crippen molar-refractivity contribution in [3.05, 3.63) is 102 Å². The first kappa shape index (κ1) is 19.9. The van der Waals surface area contributed by atoms with Gasteiger partial charge in [-0.2, -0.15) is 0 Å². The Bertz CT molecular complexity index is 1330. The third-order valence-corrected chi connectivity index (χ3v) is 6.10. The van der Waals surface area contributed by atoms with Gasteiger partial charge in [0.25, 0.3) is 5.91 Å². The summed E-state index contributed by atoms with van der Waals surface area (Å²) in [5.41, 5.74) is 4.08. The zero-order valence-corrected chi connectivity index (χ0v) is 18.0. The summed E-state index contributed by atoms with van der Waals surface area (Å²) in [4.78, 5) is 32.7. The molecule has 1 saturated heterocycles. The molecular weight excluding hydrogens is 398 g/mol. The number of benzene rings is 3. The fourth-order valence-electron chi connectivity index (χ4n) is 4.31. The number of nitrogens with one attached hydrogen (secondary N) is 1. The highest BCUT2D eigenvalue weighted by atomic mass is 16.2. The van der Waals surface area contributed by atoms with Crippen LogP contribution < -0.4 is 10.2 Å². The molecule has 1 atom stereocenters. The van der Waals surface area contributed by atoms with E-state index in [1.54, 1.807) is 11.1 Å². The number of pyridine rings is 1. The lowest BCUT2D eigenvalue weighted by Gasteiger charge is -2.50. The van der Waals surface area contributed by atoms with E-state index in [-0.39, 0.29) is 18.2 Å². The van der Waals surface area contributed by atoms with Gasteiger partial charge in [0, 0.05) is 23.0 Å². The zero-order valence-electron chi connectivity index (χ0n) is 18.0. The number of hydrogen-bond acceptors (Lipinski definition) is 3. The molecule has 2 amide bonds. The fourth-order valence-corrected chi connectivity index (χ4v) is 4.31. The normalized spacial score (nSPS) is 17.8. The van der Waals surface area contributed by atoms with Gasteiger partial charge in [0.1, 0.15) is 0 Å². The average molecular weight is 422 g/mol. The quantitative estimate of drug-likeness (QED) is 0.465. The lowest BCUT2D eigenvalue weighted by atomic mass is 9.75. The lowest BCUT2D eigenvalue weighted by molar-refractivity contribution is -0.137. The summed E-state index contributed by atoms with van der Waals surface area (Å²) in [6.07, 6.45) is 1.84. The molecule has 0 spiro atoms. The molecule has 1 aliphatic heterocycles. The van der Waals surface area contributed by atoms with Gasteiger partial charge >= 0.3 is 0 Å². The maximum atomic E-state index is 13.8. The maximum Gasteiger partial charge on any atom is 0.255 e. The van der Waals surface area contributed by atoms with E-state index in [4.69, 9.17) is 0 Å².